The van der Waals surface area contributed by atoms with Crippen molar-refractivity contribution in [2.75, 3.05) is 0 Å². The molecule has 0 N–H and O–H groups in total. The lowest BCUT2D eigenvalue weighted by atomic mass is 10.2. The molecule has 2 aromatic carbocycles. The fourth-order valence-electron chi connectivity index (χ4n) is 1.68. The van der Waals surface area contributed by atoms with E-state index in [-0.39, 0.29) is 6.61 Å². The molecule has 0 bridgehead atoms. The van der Waals surface area contributed by atoms with E-state index in [1.54, 1.807) is 0 Å². The van der Waals surface area contributed by atoms with Crippen molar-refractivity contribution < 1.29 is 13.5 Å². The summed E-state index contributed by atoms with van der Waals surface area (Å²) in [5, 5.41) is 0. The van der Waals surface area contributed by atoms with Crippen LogP contribution in [0.2, 0.25) is 0 Å². The van der Waals surface area contributed by atoms with Gasteiger partial charge in [-0.2, -0.15) is 0 Å². The summed E-state index contributed by atoms with van der Waals surface area (Å²) >= 11 is 0. The minimum absolute atomic E-state index is 0.153. The number of benzene rings is 2. The molecule has 0 saturated heterocycles. The summed E-state index contributed by atoms with van der Waals surface area (Å²) in [5.74, 6) is -0.485. The van der Waals surface area contributed by atoms with Crippen molar-refractivity contribution in [3.63, 3.8) is 0 Å². The van der Waals surface area contributed by atoms with Gasteiger partial charge in [0.2, 0.25) is 0 Å². The van der Waals surface area contributed by atoms with Gasteiger partial charge in [0.15, 0.2) is 0 Å². The Balaban J connectivity index is 2.01. The van der Waals surface area contributed by atoms with Crippen LogP contribution in [0.3, 0.4) is 0 Å². The van der Waals surface area contributed by atoms with Crippen LogP contribution >= 0.6 is 0 Å². The molecule has 1 nitrogen and oxygen atoms in total. The maximum Gasteiger partial charge on any atom is 0.126 e. The molecule has 0 aliphatic rings. The van der Waals surface area contributed by atoms with Gasteiger partial charge in [-0.1, -0.05) is 19.1 Å². The first-order chi connectivity index (χ1) is 8.67. The van der Waals surface area contributed by atoms with Crippen LogP contribution in [0, 0.1) is 11.6 Å². The maximum absolute atomic E-state index is 13.0. The topological polar surface area (TPSA) is 9.23 Å². The third-order valence-corrected chi connectivity index (χ3v) is 2.66. The molecule has 0 heterocycles. The lowest BCUT2D eigenvalue weighted by Gasteiger charge is -2.07. The van der Waals surface area contributed by atoms with Crippen LogP contribution < -0.4 is 4.74 Å². The molecule has 0 saturated carbocycles. The first-order valence-electron chi connectivity index (χ1n) is 5.84. The monoisotopic (exact) mass is 248 g/mol. The molecule has 0 amide bonds. The number of ether oxygens (including phenoxy) is 1. The third kappa shape index (κ3) is 3.29. The largest absolute Gasteiger partial charge is 0.489 e. The van der Waals surface area contributed by atoms with Gasteiger partial charge in [-0.25, -0.2) is 8.78 Å². The second-order valence-corrected chi connectivity index (χ2v) is 4.06. The zero-order valence-electron chi connectivity index (χ0n) is 10.1. The molecular weight excluding hydrogens is 234 g/mol. The Morgan fingerprint density at radius 3 is 2.06 bits per heavy atom. The van der Waals surface area contributed by atoms with Gasteiger partial charge in [0.1, 0.15) is 24.0 Å². The molecule has 2 rings (SSSR count). The van der Waals surface area contributed by atoms with Gasteiger partial charge in [0, 0.05) is 6.07 Å². The van der Waals surface area contributed by atoms with Crippen molar-refractivity contribution in [3.8, 4) is 5.75 Å². The van der Waals surface area contributed by atoms with E-state index in [1.165, 1.54) is 17.7 Å². The first kappa shape index (κ1) is 12.6. The molecule has 0 spiro atoms. The molecule has 0 atom stereocenters. The summed E-state index contributed by atoms with van der Waals surface area (Å²) in [7, 11) is 0. The summed E-state index contributed by atoms with van der Waals surface area (Å²) in [4.78, 5) is 0. The van der Waals surface area contributed by atoms with Crippen LogP contribution in [0.5, 0.6) is 5.75 Å². The van der Waals surface area contributed by atoms with Crippen molar-refractivity contribution >= 4 is 0 Å². The Labute approximate surface area is 105 Å². The fourth-order valence-corrected chi connectivity index (χ4v) is 1.68. The maximum atomic E-state index is 13.0. The molecule has 0 radical (unpaired) electrons. The van der Waals surface area contributed by atoms with E-state index in [0.717, 1.165) is 12.5 Å². The molecule has 94 valence electrons. The van der Waals surface area contributed by atoms with E-state index in [4.69, 9.17) is 4.74 Å². The van der Waals surface area contributed by atoms with Crippen LogP contribution in [0.25, 0.3) is 0 Å². The smallest absolute Gasteiger partial charge is 0.126 e. The Morgan fingerprint density at radius 1 is 0.889 bits per heavy atom. The molecule has 18 heavy (non-hydrogen) atoms. The summed E-state index contributed by atoms with van der Waals surface area (Å²) in [6.07, 6.45) is 0.968. The lowest BCUT2D eigenvalue weighted by molar-refractivity contribution is 0.304. The van der Waals surface area contributed by atoms with Crippen LogP contribution in [0.15, 0.2) is 42.5 Å². The van der Waals surface area contributed by atoms with Gasteiger partial charge in [-0.15, -0.1) is 0 Å². The van der Waals surface area contributed by atoms with E-state index in [2.05, 4.69) is 6.92 Å². The highest BCUT2D eigenvalue weighted by Crippen LogP contribution is 2.15. The number of rotatable bonds is 4. The van der Waals surface area contributed by atoms with Gasteiger partial charge in [-0.3, -0.25) is 0 Å². The van der Waals surface area contributed by atoms with E-state index in [1.807, 2.05) is 24.3 Å². The highest BCUT2D eigenvalue weighted by Gasteiger charge is 2.01. The molecule has 3 heteroatoms. The van der Waals surface area contributed by atoms with Crippen LogP contribution in [0.4, 0.5) is 8.78 Å². The molecule has 0 aliphatic carbocycles. The SMILES string of the molecule is CCc1ccc(OCc2cc(F)cc(F)c2)cc1. The van der Waals surface area contributed by atoms with Crippen LogP contribution in [0.1, 0.15) is 18.1 Å². The minimum atomic E-state index is -0.588. The predicted molar refractivity (Wildman–Crippen MR) is 66.5 cm³/mol. The molecule has 2 aromatic rings. The second kappa shape index (κ2) is 5.63. The van der Waals surface area contributed by atoms with Crippen molar-refractivity contribution in [2.45, 2.75) is 20.0 Å². The molecular formula is C15H14F2O. The summed E-state index contributed by atoms with van der Waals surface area (Å²) in [6, 6.07) is 11.0. The zero-order valence-corrected chi connectivity index (χ0v) is 10.1. The zero-order chi connectivity index (χ0) is 13.0. The van der Waals surface area contributed by atoms with Gasteiger partial charge in [0.05, 0.1) is 0 Å². The molecule has 0 unspecified atom stereocenters. The van der Waals surface area contributed by atoms with E-state index in [9.17, 15) is 8.78 Å². The summed E-state index contributed by atoms with van der Waals surface area (Å²) in [6.45, 7) is 2.23. The highest BCUT2D eigenvalue weighted by molar-refractivity contribution is 5.27. The van der Waals surface area contributed by atoms with Crippen LogP contribution in [-0.2, 0) is 13.0 Å². The molecule has 0 aliphatic heterocycles. The van der Waals surface area contributed by atoms with Gasteiger partial charge in [-0.05, 0) is 41.8 Å². The third-order valence-electron chi connectivity index (χ3n) is 2.66. The fraction of sp³-hybridized carbons (Fsp3) is 0.200. The van der Waals surface area contributed by atoms with Gasteiger partial charge < -0.3 is 4.74 Å². The summed E-state index contributed by atoms with van der Waals surface area (Å²) in [5.41, 5.74) is 1.70. The van der Waals surface area contributed by atoms with E-state index in [0.29, 0.717) is 11.3 Å². The summed E-state index contributed by atoms with van der Waals surface area (Å²) < 4.78 is 31.4. The van der Waals surface area contributed by atoms with Crippen LogP contribution in [-0.4, -0.2) is 0 Å². The van der Waals surface area contributed by atoms with Crippen molar-refractivity contribution in [1.82, 2.24) is 0 Å². The molecule has 0 aromatic heterocycles. The van der Waals surface area contributed by atoms with Gasteiger partial charge >= 0.3 is 0 Å². The lowest BCUT2D eigenvalue weighted by Crippen LogP contribution is -1.97. The quantitative estimate of drug-likeness (QED) is 0.791. The second-order valence-electron chi connectivity index (χ2n) is 4.06. The first-order valence-corrected chi connectivity index (χ1v) is 5.84. The van der Waals surface area contributed by atoms with Crippen molar-refractivity contribution in [2.24, 2.45) is 0 Å². The minimum Gasteiger partial charge on any atom is -0.489 e. The van der Waals surface area contributed by atoms with Crippen molar-refractivity contribution in [1.29, 1.82) is 0 Å². The average Bonchev–Trinajstić information content (AvgIpc) is 2.36. The molecule has 0 fully saturated rings. The average molecular weight is 248 g/mol. The number of halogens is 2. The highest BCUT2D eigenvalue weighted by atomic mass is 19.1. The number of hydrogen-bond donors (Lipinski definition) is 0. The number of aryl methyl sites for hydroxylation is 1. The Kier molecular flexibility index (Phi) is 3.92. The van der Waals surface area contributed by atoms with Gasteiger partial charge in [0.25, 0.3) is 0 Å². The van der Waals surface area contributed by atoms with E-state index >= 15 is 0 Å². The Morgan fingerprint density at radius 2 is 1.50 bits per heavy atom. The predicted octanol–water partition coefficient (Wildman–Crippen LogP) is 4.11. The Bertz CT molecular complexity index is 500. The van der Waals surface area contributed by atoms with Crippen molar-refractivity contribution in [3.05, 3.63) is 65.2 Å². The Hall–Kier alpha value is -1.90. The number of hydrogen-bond acceptors (Lipinski definition) is 1. The van der Waals surface area contributed by atoms with E-state index < -0.39 is 11.6 Å². The standard InChI is InChI=1S/C15H14F2O/c1-2-11-3-5-15(6-4-11)18-10-12-7-13(16)9-14(17)8-12/h3-9H,2,10H2,1H3. The normalized spacial score (nSPS) is 10.4.